The summed E-state index contributed by atoms with van der Waals surface area (Å²) in [6.45, 7) is 6.54. The number of carboxylic acid groups (broad SMARTS) is 1. The number of aromatic carboxylic acids is 1. The van der Waals surface area contributed by atoms with Crippen LogP contribution in [0.2, 0.25) is 0 Å². The van der Waals surface area contributed by atoms with E-state index in [1.54, 1.807) is 61.7 Å². The molecule has 1 amide bonds. The monoisotopic (exact) mass is 529 g/mol. The summed E-state index contributed by atoms with van der Waals surface area (Å²) in [4.78, 5) is 39.3. The Kier molecular flexibility index (Phi) is 8.04. The number of amides is 1. The Labute approximate surface area is 227 Å². The fraction of sp³-hybridized carbons (Fsp3) is 0.258. The van der Waals surface area contributed by atoms with Crippen molar-refractivity contribution in [2.75, 3.05) is 13.7 Å². The summed E-state index contributed by atoms with van der Waals surface area (Å²) in [6.07, 6.45) is 0. The molecule has 8 heteroatoms. The first kappa shape index (κ1) is 27.4. The van der Waals surface area contributed by atoms with E-state index in [4.69, 9.17) is 9.47 Å². The number of Topliss-reactive ketones (excluding diaryl/α,β-unsaturated/α-hetero) is 1. The maximum atomic E-state index is 13.4. The molecule has 202 valence electrons. The van der Waals surface area contributed by atoms with Crippen molar-refractivity contribution in [3.05, 3.63) is 100 Å². The summed E-state index contributed by atoms with van der Waals surface area (Å²) >= 11 is 0. The van der Waals surface area contributed by atoms with Crippen molar-refractivity contribution in [2.45, 2.75) is 33.4 Å². The van der Waals surface area contributed by atoms with Crippen molar-refractivity contribution in [2.24, 2.45) is 5.92 Å². The zero-order chi connectivity index (χ0) is 28.3. The zero-order valence-electron chi connectivity index (χ0n) is 22.3. The lowest BCUT2D eigenvalue weighted by Gasteiger charge is -2.25. The van der Waals surface area contributed by atoms with E-state index in [2.05, 4.69) is 0 Å². The van der Waals surface area contributed by atoms with Crippen LogP contribution in [0.5, 0.6) is 11.5 Å². The molecule has 3 aromatic rings. The predicted octanol–water partition coefficient (Wildman–Crippen LogP) is 5.36. The van der Waals surface area contributed by atoms with Gasteiger partial charge in [0.15, 0.2) is 0 Å². The van der Waals surface area contributed by atoms with E-state index in [-0.39, 0.29) is 23.4 Å². The molecule has 4 rings (SSSR count). The van der Waals surface area contributed by atoms with Crippen molar-refractivity contribution in [1.82, 2.24) is 4.90 Å². The van der Waals surface area contributed by atoms with Crippen LogP contribution in [0.4, 0.5) is 0 Å². The Morgan fingerprint density at radius 3 is 2.15 bits per heavy atom. The molecule has 1 saturated heterocycles. The van der Waals surface area contributed by atoms with E-state index in [0.717, 1.165) is 5.56 Å². The van der Waals surface area contributed by atoms with Gasteiger partial charge in [0.2, 0.25) is 0 Å². The van der Waals surface area contributed by atoms with Gasteiger partial charge in [-0.3, -0.25) is 9.59 Å². The van der Waals surface area contributed by atoms with Crippen molar-refractivity contribution in [3.63, 3.8) is 0 Å². The van der Waals surface area contributed by atoms with Crippen LogP contribution in [0.1, 0.15) is 52.5 Å². The Hall–Kier alpha value is -4.59. The highest BCUT2D eigenvalue weighted by molar-refractivity contribution is 6.46. The minimum atomic E-state index is -1.06. The number of aliphatic hydroxyl groups excluding tert-OH is 1. The van der Waals surface area contributed by atoms with Gasteiger partial charge in [-0.05, 0) is 72.0 Å². The molecule has 8 nitrogen and oxygen atoms in total. The van der Waals surface area contributed by atoms with Crippen molar-refractivity contribution in [1.29, 1.82) is 0 Å². The maximum Gasteiger partial charge on any atom is 0.335 e. The molecule has 0 bridgehead atoms. The number of carbonyl (C=O) groups excluding carboxylic acids is 2. The normalized spacial score (nSPS) is 16.5. The first-order valence-corrected chi connectivity index (χ1v) is 12.6. The number of rotatable bonds is 9. The van der Waals surface area contributed by atoms with Gasteiger partial charge in [0.1, 0.15) is 17.3 Å². The van der Waals surface area contributed by atoms with E-state index in [1.807, 2.05) is 20.8 Å². The lowest BCUT2D eigenvalue weighted by molar-refractivity contribution is -0.140. The van der Waals surface area contributed by atoms with Crippen LogP contribution < -0.4 is 9.47 Å². The van der Waals surface area contributed by atoms with Gasteiger partial charge in [0, 0.05) is 12.1 Å². The van der Waals surface area contributed by atoms with Crippen LogP contribution in [-0.4, -0.2) is 46.5 Å². The molecule has 1 unspecified atom stereocenters. The third-order valence-electron chi connectivity index (χ3n) is 6.55. The number of carboxylic acids is 1. The van der Waals surface area contributed by atoms with Crippen molar-refractivity contribution >= 4 is 23.4 Å². The Bertz CT molecular complexity index is 1420. The van der Waals surface area contributed by atoms with Gasteiger partial charge in [-0.1, -0.05) is 38.1 Å². The van der Waals surface area contributed by atoms with Crippen molar-refractivity contribution in [3.8, 4) is 11.5 Å². The molecule has 1 atom stereocenters. The average molecular weight is 530 g/mol. The SMILES string of the molecule is COc1ccc(C2/C(=C(/O)c3ccc(OCC(C)C)c(C)c3)C(=O)C(=O)N2Cc2ccc(C(=O)O)cc2)cc1. The van der Waals surface area contributed by atoms with Gasteiger partial charge in [-0.2, -0.15) is 0 Å². The topological polar surface area (TPSA) is 113 Å². The van der Waals surface area contributed by atoms with Gasteiger partial charge < -0.3 is 24.6 Å². The quantitative estimate of drug-likeness (QED) is 0.218. The first-order valence-electron chi connectivity index (χ1n) is 12.6. The molecular weight excluding hydrogens is 498 g/mol. The Morgan fingerprint density at radius 2 is 1.59 bits per heavy atom. The number of ketones is 1. The smallest absolute Gasteiger partial charge is 0.335 e. The molecule has 0 radical (unpaired) electrons. The molecule has 3 aromatic carbocycles. The highest BCUT2D eigenvalue weighted by Crippen LogP contribution is 2.41. The Balaban J connectivity index is 1.77. The third kappa shape index (κ3) is 5.80. The molecule has 0 saturated carbocycles. The number of aliphatic hydroxyl groups is 1. The Morgan fingerprint density at radius 1 is 0.949 bits per heavy atom. The van der Waals surface area contributed by atoms with Gasteiger partial charge in [-0.25, -0.2) is 4.79 Å². The summed E-state index contributed by atoms with van der Waals surface area (Å²) in [5, 5.41) is 20.6. The largest absolute Gasteiger partial charge is 0.507 e. The molecular formula is C31H31NO7. The standard InChI is InChI=1S/C31H31NO7/c1-18(2)17-39-25-14-11-23(15-19(25)3)28(33)26-27(21-9-12-24(38-4)13-10-21)32(30(35)29(26)34)16-20-5-7-22(8-6-20)31(36)37/h5-15,18,27,33H,16-17H2,1-4H3,(H,36,37)/b28-26-. The number of aryl methyl sites for hydroxylation is 1. The highest BCUT2D eigenvalue weighted by atomic mass is 16.5. The molecule has 1 aliphatic rings. The van der Waals surface area contributed by atoms with Crippen molar-refractivity contribution < 1.29 is 34.1 Å². The maximum absolute atomic E-state index is 13.4. The number of nitrogens with zero attached hydrogens (tertiary/aromatic N) is 1. The van der Waals surface area contributed by atoms with Gasteiger partial charge in [0.05, 0.1) is 30.9 Å². The highest BCUT2D eigenvalue weighted by Gasteiger charge is 2.46. The second kappa shape index (κ2) is 11.4. The zero-order valence-corrected chi connectivity index (χ0v) is 22.3. The first-order chi connectivity index (χ1) is 18.6. The number of ether oxygens (including phenoxy) is 2. The minimum Gasteiger partial charge on any atom is -0.507 e. The minimum absolute atomic E-state index is 0.0254. The van der Waals surface area contributed by atoms with Crippen LogP contribution in [0, 0.1) is 12.8 Å². The molecule has 39 heavy (non-hydrogen) atoms. The van der Waals surface area contributed by atoms with Crippen LogP contribution in [0.25, 0.3) is 5.76 Å². The summed E-state index contributed by atoms with van der Waals surface area (Å²) in [5.74, 6) is -1.27. The van der Waals surface area contributed by atoms with Crippen LogP contribution in [0.15, 0.2) is 72.3 Å². The molecule has 1 fully saturated rings. The molecule has 2 N–H and O–H groups in total. The summed E-state index contributed by atoms with van der Waals surface area (Å²) in [6, 6.07) is 17.3. The number of benzene rings is 3. The van der Waals surface area contributed by atoms with E-state index in [1.165, 1.54) is 17.0 Å². The molecule has 0 aliphatic carbocycles. The lowest BCUT2D eigenvalue weighted by Crippen LogP contribution is -2.29. The van der Waals surface area contributed by atoms with E-state index in [0.29, 0.717) is 40.7 Å². The van der Waals surface area contributed by atoms with E-state index >= 15 is 0 Å². The number of hydrogen-bond acceptors (Lipinski definition) is 6. The molecule has 0 aromatic heterocycles. The summed E-state index contributed by atoms with van der Waals surface area (Å²) in [7, 11) is 1.54. The average Bonchev–Trinajstić information content (AvgIpc) is 3.17. The lowest BCUT2D eigenvalue weighted by atomic mass is 9.94. The predicted molar refractivity (Wildman–Crippen MR) is 146 cm³/mol. The van der Waals surface area contributed by atoms with E-state index in [9.17, 15) is 24.6 Å². The number of likely N-dealkylation sites (tertiary alicyclic amines) is 1. The molecule has 1 heterocycles. The van der Waals surface area contributed by atoms with Crippen LogP contribution in [0.3, 0.4) is 0 Å². The number of methoxy groups -OCH3 is 1. The molecule has 0 spiro atoms. The molecule has 1 aliphatic heterocycles. The second-order valence-corrected chi connectivity index (χ2v) is 9.89. The summed E-state index contributed by atoms with van der Waals surface area (Å²) in [5.41, 5.74) is 2.53. The number of carbonyl (C=O) groups is 3. The third-order valence-corrected chi connectivity index (χ3v) is 6.55. The van der Waals surface area contributed by atoms with Gasteiger partial charge >= 0.3 is 5.97 Å². The van der Waals surface area contributed by atoms with Crippen LogP contribution >= 0.6 is 0 Å². The van der Waals surface area contributed by atoms with E-state index < -0.39 is 23.7 Å². The van der Waals surface area contributed by atoms with Gasteiger partial charge in [-0.15, -0.1) is 0 Å². The fourth-order valence-electron chi connectivity index (χ4n) is 4.50. The number of hydrogen-bond donors (Lipinski definition) is 2. The second-order valence-electron chi connectivity index (χ2n) is 9.89. The van der Waals surface area contributed by atoms with Gasteiger partial charge in [0.25, 0.3) is 11.7 Å². The fourth-order valence-corrected chi connectivity index (χ4v) is 4.50. The van der Waals surface area contributed by atoms with Crippen LogP contribution in [-0.2, 0) is 16.1 Å². The summed E-state index contributed by atoms with van der Waals surface area (Å²) < 4.78 is 11.1.